The van der Waals surface area contributed by atoms with E-state index >= 15 is 0 Å². The van der Waals surface area contributed by atoms with Crippen molar-refractivity contribution in [2.45, 2.75) is 57.2 Å². The molecule has 0 aromatic heterocycles. The summed E-state index contributed by atoms with van der Waals surface area (Å²) in [4.78, 5) is 25.3. The van der Waals surface area contributed by atoms with Crippen molar-refractivity contribution in [2.75, 3.05) is 13.1 Å². The van der Waals surface area contributed by atoms with E-state index < -0.39 is 11.9 Å². The third-order valence-electron chi connectivity index (χ3n) is 4.79. The molecule has 0 aromatic carbocycles. The van der Waals surface area contributed by atoms with Crippen molar-refractivity contribution in [3.63, 3.8) is 0 Å². The first-order valence-corrected chi connectivity index (χ1v) is 7.54. The van der Waals surface area contributed by atoms with Crippen LogP contribution in [-0.4, -0.2) is 46.2 Å². The summed E-state index contributed by atoms with van der Waals surface area (Å²) in [7, 11) is 0. The number of carbonyl (C=O) groups is 2. The van der Waals surface area contributed by atoms with Crippen LogP contribution < -0.4 is 0 Å². The third-order valence-corrected chi connectivity index (χ3v) is 4.79. The highest BCUT2D eigenvalue weighted by molar-refractivity contribution is 5.89. The number of aliphatic carboxylic acids is 1. The van der Waals surface area contributed by atoms with E-state index in [9.17, 15) is 9.59 Å². The summed E-state index contributed by atoms with van der Waals surface area (Å²) in [5, 5.41) is 8.98. The predicted octanol–water partition coefficient (Wildman–Crippen LogP) is 1.66. The molecule has 5 nitrogen and oxygen atoms in total. The lowest BCUT2D eigenvalue weighted by Crippen LogP contribution is -2.60. The van der Waals surface area contributed by atoms with E-state index in [1.54, 1.807) is 0 Å². The van der Waals surface area contributed by atoms with Crippen LogP contribution in [0.3, 0.4) is 0 Å². The Morgan fingerprint density at radius 1 is 1.15 bits per heavy atom. The third kappa shape index (κ3) is 2.43. The van der Waals surface area contributed by atoms with Gasteiger partial charge in [-0.05, 0) is 33.1 Å². The Morgan fingerprint density at radius 2 is 1.80 bits per heavy atom. The zero-order valence-electron chi connectivity index (χ0n) is 12.2. The number of nitrogens with zero attached hydrogens (tertiary/aromatic N) is 1. The largest absolute Gasteiger partial charge is 0.481 e. The number of morpholine rings is 1. The monoisotopic (exact) mass is 281 g/mol. The summed E-state index contributed by atoms with van der Waals surface area (Å²) < 4.78 is 6.27. The van der Waals surface area contributed by atoms with Gasteiger partial charge in [0.05, 0.1) is 23.0 Å². The number of ether oxygens (including phenoxy) is 1. The molecule has 1 spiro atoms. The fourth-order valence-corrected chi connectivity index (χ4v) is 3.92. The molecule has 112 valence electrons. The minimum absolute atomic E-state index is 0.0139. The number of hydrogen-bond donors (Lipinski definition) is 1. The van der Waals surface area contributed by atoms with Gasteiger partial charge in [0.15, 0.2) is 0 Å². The van der Waals surface area contributed by atoms with E-state index in [2.05, 4.69) is 0 Å². The molecule has 2 saturated carbocycles. The summed E-state index contributed by atoms with van der Waals surface area (Å²) in [5.74, 6) is -1.60. The number of hydrogen-bond acceptors (Lipinski definition) is 3. The van der Waals surface area contributed by atoms with Crippen LogP contribution in [0.4, 0.5) is 0 Å². The average Bonchev–Trinajstić information content (AvgIpc) is 3.03. The van der Waals surface area contributed by atoms with Crippen LogP contribution >= 0.6 is 0 Å². The number of amides is 1. The van der Waals surface area contributed by atoms with Crippen LogP contribution in [0.1, 0.15) is 46.0 Å². The molecule has 1 N–H and O–H groups in total. The lowest BCUT2D eigenvalue weighted by atomic mass is 9.93. The second-order valence-corrected chi connectivity index (χ2v) is 7.23. The minimum atomic E-state index is -0.841. The van der Waals surface area contributed by atoms with Gasteiger partial charge in [-0.25, -0.2) is 0 Å². The van der Waals surface area contributed by atoms with Crippen molar-refractivity contribution in [1.29, 1.82) is 0 Å². The lowest BCUT2D eigenvalue weighted by molar-refractivity contribution is -0.199. The predicted molar refractivity (Wildman–Crippen MR) is 72.2 cm³/mol. The molecular weight excluding hydrogens is 258 g/mol. The maximum atomic E-state index is 12.5. The Balaban J connectivity index is 1.73. The first-order valence-electron chi connectivity index (χ1n) is 7.54. The molecule has 20 heavy (non-hydrogen) atoms. The van der Waals surface area contributed by atoms with Crippen molar-refractivity contribution in [3.8, 4) is 0 Å². The van der Waals surface area contributed by atoms with Crippen LogP contribution in [0.25, 0.3) is 0 Å². The van der Waals surface area contributed by atoms with Gasteiger partial charge < -0.3 is 14.7 Å². The first-order chi connectivity index (χ1) is 9.32. The molecule has 3 rings (SSSR count). The normalized spacial score (nSPS) is 34.2. The van der Waals surface area contributed by atoms with E-state index in [0.717, 1.165) is 25.7 Å². The fraction of sp³-hybridized carbons (Fsp3) is 0.867. The Labute approximate surface area is 119 Å². The Morgan fingerprint density at radius 3 is 2.35 bits per heavy atom. The molecule has 3 aliphatic rings. The van der Waals surface area contributed by atoms with E-state index in [0.29, 0.717) is 19.5 Å². The van der Waals surface area contributed by atoms with Crippen LogP contribution in [-0.2, 0) is 14.3 Å². The molecule has 2 aliphatic carbocycles. The quantitative estimate of drug-likeness (QED) is 0.836. The lowest BCUT2D eigenvalue weighted by Gasteiger charge is -2.49. The Kier molecular flexibility index (Phi) is 3.08. The van der Waals surface area contributed by atoms with Crippen molar-refractivity contribution >= 4 is 11.9 Å². The first kappa shape index (κ1) is 13.9. The maximum absolute atomic E-state index is 12.5. The molecule has 1 amide bonds. The molecular formula is C15H23NO4. The molecule has 0 bridgehead atoms. The summed E-state index contributed by atoms with van der Waals surface area (Å²) in [6.45, 7) is 5.25. The summed E-state index contributed by atoms with van der Waals surface area (Å²) in [5.41, 5.74) is -0.531. The van der Waals surface area contributed by atoms with Crippen molar-refractivity contribution in [1.82, 2.24) is 4.90 Å². The molecule has 0 aromatic rings. The second kappa shape index (κ2) is 4.45. The second-order valence-electron chi connectivity index (χ2n) is 7.23. The maximum Gasteiger partial charge on any atom is 0.307 e. The number of carboxylic acids is 1. The highest BCUT2D eigenvalue weighted by Gasteiger charge is 2.53. The summed E-state index contributed by atoms with van der Waals surface area (Å²) in [6.07, 6.45) is 4.82. The van der Waals surface area contributed by atoms with Crippen molar-refractivity contribution < 1.29 is 19.4 Å². The standard InChI is InChI=1S/C15H23NO4/c1-14(2)8-16(9-15(20-14)5-3-4-6-15)12(17)10-7-11(10)13(18)19/h10-11H,3-9H2,1-2H3,(H,18,19). The van der Waals surface area contributed by atoms with Gasteiger partial charge in [0.1, 0.15) is 0 Å². The van der Waals surface area contributed by atoms with Gasteiger partial charge in [-0.15, -0.1) is 0 Å². The van der Waals surface area contributed by atoms with Gasteiger partial charge in [-0.1, -0.05) is 12.8 Å². The average molecular weight is 281 g/mol. The van der Waals surface area contributed by atoms with Crippen LogP contribution in [0.2, 0.25) is 0 Å². The van der Waals surface area contributed by atoms with Gasteiger partial charge in [0, 0.05) is 13.1 Å². The smallest absolute Gasteiger partial charge is 0.307 e. The van der Waals surface area contributed by atoms with Crippen LogP contribution in [0.5, 0.6) is 0 Å². The topological polar surface area (TPSA) is 66.8 Å². The van der Waals surface area contributed by atoms with E-state index in [4.69, 9.17) is 9.84 Å². The highest BCUT2D eigenvalue weighted by atomic mass is 16.5. The van der Waals surface area contributed by atoms with Gasteiger partial charge in [-0.2, -0.15) is 0 Å². The molecule has 0 radical (unpaired) electrons. The number of carbonyl (C=O) groups excluding carboxylic acids is 1. The van der Waals surface area contributed by atoms with E-state index in [-0.39, 0.29) is 23.0 Å². The van der Waals surface area contributed by atoms with Crippen LogP contribution in [0.15, 0.2) is 0 Å². The molecule has 1 saturated heterocycles. The van der Waals surface area contributed by atoms with Crippen LogP contribution in [0, 0.1) is 11.8 Å². The summed E-state index contributed by atoms with van der Waals surface area (Å²) in [6, 6.07) is 0. The van der Waals surface area contributed by atoms with Gasteiger partial charge >= 0.3 is 5.97 Å². The zero-order chi connectivity index (χ0) is 14.5. The fourth-order valence-electron chi connectivity index (χ4n) is 3.92. The zero-order valence-corrected chi connectivity index (χ0v) is 12.2. The molecule has 2 atom stereocenters. The Hall–Kier alpha value is -1.10. The molecule has 2 unspecified atom stereocenters. The molecule has 1 heterocycles. The summed E-state index contributed by atoms with van der Waals surface area (Å²) >= 11 is 0. The molecule has 3 fully saturated rings. The van der Waals surface area contributed by atoms with E-state index in [1.165, 1.54) is 0 Å². The molecule has 1 aliphatic heterocycles. The number of rotatable bonds is 2. The van der Waals surface area contributed by atoms with Crippen molar-refractivity contribution in [3.05, 3.63) is 0 Å². The highest BCUT2D eigenvalue weighted by Crippen LogP contribution is 2.44. The number of carboxylic acid groups (broad SMARTS) is 1. The minimum Gasteiger partial charge on any atom is -0.481 e. The van der Waals surface area contributed by atoms with Gasteiger partial charge in [-0.3, -0.25) is 9.59 Å². The Bertz CT molecular complexity index is 439. The van der Waals surface area contributed by atoms with E-state index in [1.807, 2.05) is 18.7 Å². The SMILES string of the molecule is CC1(C)CN(C(=O)C2CC2C(=O)O)CC2(CCCC2)O1. The van der Waals surface area contributed by atoms with Gasteiger partial charge in [0.2, 0.25) is 5.91 Å². The van der Waals surface area contributed by atoms with Crippen molar-refractivity contribution in [2.24, 2.45) is 11.8 Å². The van der Waals surface area contributed by atoms with Gasteiger partial charge in [0.25, 0.3) is 0 Å². The molecule has 5 heteroatoms.